The number of thioether (sulfide) groups is 1. The van der Waals surface area contributed by atoms with Crippen LogP contribution in [-0.2, 0) is 4.79 Å². The highest BCUT2D eigenvalue weighted by Gasteiger charge is 2.25. The van der Waals surface area contributed by atoms with E-state index in [4.69, 9.17) is 0 Å². The van der Waals surface area contributed by atoms with Crippen molar-refractivity contribution in [3.63, 3.8) is 0 Å². The van der Waals surface area contributed by atoms with E-state index in [0.717, 1.165) is 11.1 Å². The smallest absolute Gasteiger partial charge is 0.240 e. The SMILES string of the molecule is CN(C)C(=O)[C@@H](Sc1n[nH]c(-c2ccncc2)n1)c1ccccc1. The number of H-pyrrole nitrogens is 1. The second-order valence-corrected chi connectivity index (χ2v) is 6.42. The standard InChI is InChI=1S/C17H17N5OS/c1-22(2)16(23)14(12-6-4-3-5-7-12)24-17-19-15(20-21-17)13-8-10-18-11-9-13/h3-11,14H,1-2H3,(H,19,20,21)/t14-/m0/s1. The highest BCUT2D eigenvalue weighted by Crippen LogP contribution is 2.35. The van der Waals surface area contributed by atoms with E-state index in [1.165, 1.54) is 11.8 Å². The van der Waals surface area contributed by atoms with Crippen LogP contribution in [0.15, 0.2) is 60.0 Å². The van der Waals surface area contributed by atoms with E-state index >= 15 is 0 Å². The van der Waals surface area contributed by atoms with Crippen molar-refractivity contribution < 1.29 is 4.79 Å². The predicted octanol–water partition coefficient (Wildman–Crippen LogP) is 2.79. The minimum atomic E-state index is -0.387. The van der Waals surface area contributed by atoms with E-state index in [0.29, 0.717) is 11.0 Å². The van der Waals surface area contributed by atoms with Gasteiger partial charge in [0.15, 0.2) is 5.82 Å². The third kappa shape index (κ3) is 3.62. The molecule has 7 heteroatoms. The zero-order valence-corrected chi connectivity index (χ0v) is 14.2. The van der Waals surface area contributed by atoms with Crippen LogP contribution in [0.4, 0.5) is 0 Å². The van der Waals surface area contributed by atoms with E-state index < -0.39 is 0 Å². The van der Waals surface area contributed by atoms with E-state index in [2.05, 4.69) is 20.2 Å². The maximum absolute atomic E-state index is 12.6. The maximum atomic E-state index is 12.6. The highest BCUT2D eigenvalue weighted by molar-refractivity contribution is 8.00. The summed E-state index contributed by atoms with van der Waals surface area (Å²) >= 11 is 1.33. The Morgan fingerprint density at radius 2 is 1.83 bits per heavy atom. The molecule has 1 aromatic carbocycles. The Hall–Kier alpha value is -2.67. The lowest BCUT2D eigenvalue weighted by Gasteiger charge is -2.19. The molecule has 0 aliphatic carbocycles. The minimum Gasteiger partial charge on any atom is -0.348 e. The number of aromatic amines is 1. The molecular formula is C17H17N5OS. The topological polar surface area (TPSA) is 74.8 Å². The first-order chi connectivity index (χ1) is 11.6. The molecule has 2 aromatic heterocycles. The summed E-state index contributed by atoms with van der Waals surface area (Å²) in [6, 6.07) is 13.4. The fourth-order valence-corrected chi connectivity index (χ4v) is 3.22. The van der Waals surface area contributed by atoms with Gasteiger partial charge in [0.05, 0.1) is 0 Å². The first-order valence-corrected chi connectivity index (χ1v) is 8.28. The molecule has 3 rings (SSSR count). The molecular weight excluding hydrogens is 322 g/mol. The number of rotatable bonds is 5. The molecule has 0 bridgehead atoms. The number of pyridine rings is 1. The molecule has 1 atom stereocenters. The average Bonchev–Trinajstić information content (AvgIpc) is 3.09. The van der Waals surface area contributed by atoms with E-state index in [1.807, 2.05) is 42.5 Å². The number of carbonyl (C=O) groups excluding carboxylic acids is 1. The number of hydrogen-bond donors (Lipinski definition) is 1. The van der Waals surface area contributed by atoms with Gasteiger partial charge >= 0.3 is 0 Å². The summed E-state index contributed by atoms with van der Waals surface area (Å²) in [5, 5.41) is 7.29. The molecule has 2 heterocycles. The lowest BCUT2D eigenvalue weighted by molar-refractivity contribution is -0.128. The molecule has 0 saturated heterocycles. The Balaban J connectivity index is 1.86. The van der Waals surface area contributed by atoms with Crippen LogP contribution in [0.1, 0.15) is 10.8 Å². The van der Waals surface area contributed by atoms with Crippen LogP contribution in [0, 0.1) is 0 Å². The number of benzene rings is 1. The number of nitrogens with zero attached hydrogens (tertiary/aromatic N) is 4. The molecule has 0 unspecified atom stereocenters. The van der Waals surface area contributed by atoms with Gasteiger partial charge < -0.3 is 4.90 Å². The van der Waals surface area contributed by atoms with Crippen molar-refractivity contribution in [3.8, 4) is 11.4 Å². The summed E-state index contributed by atoms with van der Waals surface area (Å²) in [5.74, 6) is 0.658. The Labute approximate surface area is 144 Å². The van der Waals surface area contributed by atoms with Gasteiger partial charge in [-0.2, -0.15) is 0 Å². The zero-order valence-electron chi connectivity index (χ0n) is 13.4. The van der Waals surface area contributed by atoms with Crippen molar-refractivity contribution in [3.05, 3.63) is 60.4 Å². The summed E-state index contributed by atoms with van der Waals surface area (Å²) in [4.78, 5) is 22.6. The lowest BCUT2D eigenvalue weighted by Crippen LogP contribution is -2.26. The molecule has 1 amide bonds. The molecule has 122 valence electrons. The average molecular weight is 339 g/mol. The molecule has 6 nitrogen and oxygen atoms in total. The van der Waals surface area contributed by atoms with Crippen molar-refractivity contribution in [1.82, 2.24) is 25.1 Å². The third-order valence-electron chi connectivity index (χ3n) is 3.41. The summed E-state index contributed by atoms with van der Waals surface area (Å²) in [5.41, 5.74) is 1.83. The van der Waals surface area contributed by atoms with Crippen LogP contribution in [0.5, 0.6) is 0 Å². The lowest BCUT2D eigenvalue weighted by atomic mass is 10.1. The number of nitrogens with one attached hydrogen (secondary N) is 1. The van der Waals surface area contributed by atoms with Crippen LogP contribution in [0.2, 0.25) is 0 Å². The Morgan fingerprint density at radius 1 is 1.12 bits per heavy atom. The van der Waals surface area contributed by atoms with Gasteiger partial charge in [0.25, 0.3) is 0 Å². The predicted molar refractivity (Wildman–Crippen MR) is 93.3 cm³/mol. The second kappa shape index (κ2) is 7.27. The molecule has 0 spiro atoms. The van der Waals surface area contributed by atoms with E-state index in [-0.39, 0.29) is 11.2 Å². The van der Waals surface area contributed by atoms with Gasteiger partial charge in [0.1, 0.15) is 5.25 Å². The number of likely N-dealkylation sites (N-methyl/N-ethyl adjacent to an activating group) is 1. The molecule has 0 aliphatic rings. The molecule has 3 aromatic rings. The molecule has 0 saturated carbocycles. The van der Waals surface area contributed by atoms with Gasteiger partial charge in [-0.05, 0) is 17.7 Å². The molecule has 0 radical (unpaired) electrons. The Kier molecular flexibility index (Phi) is 4.90. The van der Waals surface area contributed by atoms with Crippen molar-refractivity contribution in [2.24, 2.45) is 0 Å². The van der Waals surface area contributed by atoms with Crippen LogP contribution in [0.25, 0.3) is 11.4 Å². The second-order valence-electron chi connectivity index (χ2n) is 5.34. The monoisotopic (exact) mass is 339 g/mol. The van der Waals surface area contributed by atoms with Crippen molar-refractivity contribution >= 4 is 17.7 Å². The van der Waals surface area contributed by atoms with Crippen molar-refractivity contribution in [2.45, 2.75) is 10.4 Å². The number of aromatic nitrogens is 4. The summed E-state index contributed by atoms with van der Waals surface area (Å²) in [6.07, 6.45) is 3.40. The normalized spacial score (nSPS) is 11.9. The summed E-state index contributed by atoms with van der Waals surface area (Å²) in [7, 11) is 3.50. The van der Waals surface area contributed by atoms with Gasteiger partial charge in [-0.15, -0.1) is 5.10 Å². The van der Waals surface area contributed by atoms with Crippen molar-refractivity contribution in [2.75, 3.05) is 14.1 Å². The highest BCUT2D eigenvalue weighted by atomic mass is 32.2. The molecule has 0 aliphatic heterocycles. The van der Waals surface area contributed by atoms with Crippen LogP contribution in [0.3, 0.4) is 0 Å². The first-order valence-electron chi connectivity index (χ1n) is 7.40. The Bertz CT molecular complexity index is 804. The van der Waals surface area contributed by atoms with E-state index in [9.17, 15) is 4.79 Å². The third-order valence-corrected chi connectivity index (χ3v) is 4.51. The van der Waals surface area contributed by atoms with Gasteiger partial charge in [-0.25, -0.2) is 4.98 Å². The molecule has 0 fully saturated rings. The Morgan fingerprint density at radius 3 is 2.50 bits per heavy atom. The minimum absolute atomic E-state index is 0.00135. The van der Waals surface area contributed by atoms with Crippen molar-refractivity contribution in [1.29, 1.82) is 0 Å². The quantitative estimate of drug-likeness (QED) is 0.724. The fourth-order valence-electron chi connectivity index (χ4n) is 2.17. The molecule has 24 heavy (non-hydrogen) atoms. The van der Waals surface area contributed by atoms with E-state index in [1.54, 1.807) is 31.4 Å². The fraction of sp³-hybridized carbons (Fsp3) is 0.176. The van der Waals surface area contributed by atoms with Gasteiger partial charge in [-0.3, -0.25) is 14.9 Å². The van der Waals surface area contributed by atoms with Crippen LogP contribution >= 0.6 is 11.8 Å². The van der Waals surface area contributed by atoms with Gasteiger partial charge in [0.2, 0.25) is 11.1 Å². The number of carbonyl (C=O) groups is 1. The molecule has 1 N–H and O–H groups in total. The van der Waals surface area contributed by atoms with Crippen LogP contribution in [-0.4, -0.2) is 45.1 Å². The number of hydrogen-bond acceptors (Lipinski definition) is 5. The summed E-state index contributed by atoms with van der Waals surface area (Å²) < 4.78 is 0. The van der Waals surface area contributed by atoms with Gasteiger partial charge in [-0.1, -0.05) is 42.1 Å². The van der Waals surface area contributed by atoms with Crippen LogP contribution < -0.4 is 0 Å². The van der Waals surface area contributed by atoms with Gasteiger partial charge in [0, 0.05) is 32.1 Å². The summed E-state index contributed by atoms with van der Waals surface area (Å²) in [6.45, 7) is 0. The maximum Gasteiger partial charge on any atom is 0.240 e. The number of amides is 1. The largest absolute Gasteiger partial charge is 0.348 e. The first kappa shape index (κ1) is 16.2. The zero-order chi connectivity index (χ0) is 16.9.